The summed E-state index contributed by atoms with van der Waals surface area (Å²) >= 11 is 0. The molecule has 2 N–H and O–H groups in total. The number of rotatable bonds is 4. The van der Waals surface area contributed by atoms with Crippen molar-refractivity contribution < 1.29 is 36.2 Å². The van der Waals surface area contributed by atoms with Gasteiger partial charge in [-0.15, -0.1) is 0 Å². The highest BCUT2D eigenvalue weighted by Gasteiger charge is 2.47. The molecule has 1 aromatic carbocycles. The third-order valence-electron chi connectivity index (χ3n) is 6.09. The lowest BCUT2D eigenvalue weighted by atomic mass is 9.81. The first-order chi connectivity index (χ1) is 16.0. The quantitative estimate of drug-likeness (QED) is 0.651. The van der Waals surface area contributed by atoms with E-state index in [0.717, 1.165) is 19.1 Å². The molecule has 0 bridgehead atoms. The third-order valence-corrected chi connectivity index (χ3v) is 6.09. The van der Waals surface area contributed by atoms with Crippen LogP contribution in [0.1, 0.15) is 26.2 Å². The second-order valence-corrected chi connectivity index (χ2v) is 8.23. The fourth-order valence-corrected chi connectivity index (χ4v) is 4.23. The van der Waals surface area contributed by atoms with Gasteiger partial charge in [-0.3, -0.25) is 4.90 Å². The Bertz CT molecular complexity index is 1080. The van der Waals surface area contributed by atoms with Gasteiger partial charge in [0.2, 0.25) is 11.8 Å². The SMILES string of the molecule is CC(Oc1cc(N2CCC3(CCOC(=O)N3c3ccc(F)c(F)c3)CC2)nc(N)n1)C(F)(F)F. The van der Waals surface area contributed by atoms with E-state index >= 15 is 0 Å². The Kier molecular flexibility index (Phi) is 6.13. The Hall–Kier alpha value is -3.38. The van der Waals surface area contributed by atoms with Gasteiger partial charge in [-0.25, -0.2) is 13.6 Å². The molecule has 34 heavy (non-hydrogen) atoms. The summed E-state index contributed by atoms with van der Waals surface area (Å²) in [6, 6.07) is 4.49. The summed E-state index contributed by atoms with van der Waals surface area (Å²) < 4.78 is 75.9. The van der Waals surface area contributed by atoms with Crippen LogP contribution in [0.3, 0.4) is 0 Å². The van der Waals surface area contributed by atoms with E-state index in [1.54, 1.807) is 4.90 Å². The highest BCUT2D eigenvalue weighted by Crippen LogP contribution is 2.40. The van der Waals surface area contributed by atoms with Crippen LogP contribution in [0.2, 0.25) is 0 Å². The molecule has 1 atom stereocenters. The number of aromatic nitrogens is 2. The molecule has 1 amide bonds. The van der Waals surface area contributed by atoms with Gasteiger partial charge in [-0.2, -0.15) is 23.1 Å². The van der Waals surface area contributed by atoms with Gasteiger partial charge in [0.15, 0.2) is 17.7 Å². The van der Waals surface area contributed by atoms with Gasteiger partial charge < -0.3 is 20.1 Å². The van der Waals surface area contributed by atoms with Crippen LogP contribution in [0.25, 0.3) is 0 Å². The van der Waals surface area contributed by atoms with Crippen molar-refractivity contribution in [1.29, 1.82) is 0 Å². The third kappa shape index (κ3) is 4.64. The first-order valence-corrected chi connectivity index (χ1v) is 10.5. The van der Waals surface area contributed by atoms with Gasteiger partial charge in [0.25, 0.3) is 0 Å². The van der Waals surface area contributed by atoms with Gasteiger partial charge in [0, 0.05) is 31.6 Å². The van der Waals surface area contributed by atoms with E-state index in [-0.39, 0.29) is 29.9 Å². The molecular formula is C21H22F5N5O3. The number of amides is 1. The average molecular weight is 487 g/mol. The van der Waals surface area contributed by atoms with Crippen LogP contribution in [0.5, 0.6) is 5.88 Å². The van der Waals surface area contributed by atoms with E-state index in [1.807, 2.05) is 0 Å². The van der Waals surface area contributed by atoms with Crippen LogP contribution in [0.15, 0.2) is 24.3 Å². The van der Waals surface area contributed by atoms with E-state index in [2.05, 4.69) is 9.97 Å². The molecule has 184 valence electrons. The standard InChI is InChI=1S/C21H22F5N5O3/c1-12(21(24,25)26)34-17-11-16(28-18(27)29-17)30-7-4-20(5-8-30)6-9-33-19(32)31(20)13-2-3-14(22)15(23)10-13/h2-3,10-12H,4-9H2,1H3,(H2,27,28,29). The molecule has 2 aromatic rings. The van der Waals surface area contributed by atoms with Crippen LogP contribution in [-0.4, -0.2) is 53.6 Å². The van der Waals surface area contributed by atoms with Crippen LogP contribution < -0.4 is 20.3 Å². The number of cyclic esters (lactones) is 1. The number of nitrogens with two attached hydrogens (primary N) is 1. The van der Waals surface area contributed by atoms with Crippen molar-refractivity contribution in [1.82, 2.24) is 9.97 Å². The highest BCUT2D eigenvalue weighted by molar-refractivity contribution is 5.90. The molecule has 2 aliphatic rings. The van der Waals surface area contributed by atoms with Gasteiger partial charge in [-0.05, 0) is 31.9 Å². The summed E-state index contributed by atoms with van der Waals surface area (Å²) in [4.78, 5) is 23.6. The number of hydrogen-bond acceptors (Lipinski definition) is 7. The summed E-state index contributed by atoms with van der Waals surface area (Å²) in [5.41, 5.74) is 5.16. The highest BCUT2D eigenvalue weighted by atomic mass is 19.4. The fourth-order valence-electron chi connectivity index (χ4n) is 4.23. The van der Waals surface area contributed by atoms with Crippen molar-refractivity contribution in [2.24, 2.45) is 0 Å². The first-order valence-electron chi connectivity index (χ1n) is 10.5. The molecule has 13 heteroatoms. The van der Waals surface area contributed by atoms with E-state index in [9.17, 15) is 26.7 Å². The lowest BCUT2D eigenvalue weighted by Crippen LogP contribution is -2.61. The lowest BCUT2D eigenvalue weighted by Gasteiger charge is -2.50. The predicted octanol–water partition coefficient (Wildman–Crippen LogP) is 4.05. The number of anilines is 3. The van der Waals surface area contributed by atoms with Crippen molar-refractivity contribution in [2.45, 2.75) is 44.0 Å². The smallest absolute Gasteiger partial charge is 0.425 e. The summed E-state index contributed by atoms with van der Waals surface area (Å²) in [7, 11) is 0. The molecule has 1 unspecified atom stereocenters. The summed E-state index contributed by atoms with van der Waals surface area (Å²) in [5, 5.41) is 0. The maximum absolute atomic E-state index is 13.9. The molecule has 8 nitrogen and oxygen atoms in total. The average Bonchev–Trinajstić information content (AvgIpc) is 2.75. The number of hydrogen-bond donors (Lipinski definition) is 1. The number of nitrogen functional groups attached to an aromatic ring is 1. The summed E-state index contributed by atoms with van der Waals surface area (Å²) in [5.74, 6) is -2.38. The van der Waals surface area contributed by atoms with Crippen LogP contribution >= 0.6 is 0 Å². The molecule has 1 aromatic heterocycles. The predicted molar refractivity (Wildman–Crippen MR) is 112 cm³/mol. The van der Waals surface area contributed by atoms with Crippen molar-refractivity contribution in [3.05, 3.63) is 35.9 Å². The number of halogens is 5. The van der Waals surface area contributed by atoms with Gasteiger partial charge in [0.05, 0.1) is 17.8 Å². The van der Waals surface area contributed by atoms with E-state index in [1.165, 1.54) is 17.0 Å². The number of ether oxygens (including phenoxy) is 2. The Balaban J connectivity index is 1.54. The molecular weight excluding hydrogens is 465 g/mol. The van der Waals surface area contributed by atoms with Crippen LogP contribution in [-0.2, 0) is 4.74 Å². The second-order valence-electron chi connectivity index (χ2n) is 8.23. The molecule has 0 aliphatic carbocycles. The van der Waals surface area contributed by atoms with E-state index < -0.39 is 35.5 Å². The molecule has 2 fully saturated rings. The van der Waals surface area contributed by atoms with Crippen LogP contribution in [0, 0.1) is 11.6 Å². The maximum Gasteiger partial charge on any atom is 0.425 e. The Labute approximate surface area is 191 Å². The largest absolute Gasteiger partial charge is 0.465 e. The van der Waals surface area contributed by atoms with Crippen molar-refractivity contribution in [3.63, 3.8) is 0 Å². The van der Waals surface area contributed by atoms with Gasteiger partial charge >= 0.3 is 12.3 Å². The second kappa shape index (κ2) is 8.76. The summed E-state index contributed by atoms with van der Waals surface area (Å²) in [6.07, 6.45) is -6.02. The molecule has 1 spiro atoms. The number of nitrogens with zero attached hydrogens (tertiary/aromatic N) is 4. The molecule has 4 rings (SSSR count). The van der Waals surface area contributed by atoms with Crippen molar-refractivity contribution >= 4 is 23.5 Å². The van der Waals surface area contributed by atoms with Crippen molar-refractivity contribution in [2.75, 3.05) is 35.2 Å². The molecule has 0 radical (unpaired) electrons. The monoisotopic (exact) mass is 487 g/mol. The van der Waals surface area contributed by atoms with E-state index in [0.29, 0.717) is 32.4 Å². The zero-order valence-corrected chi connectivity index (χ0v) is 18.1. The maximum atomic E-state index is 13.9. The lowest BCUT2D eigenvalue weighted by molar-refractivity contribution is -0.189. The topological polar surface area (TPSA) is 93.8 Å². The normalized spacial score (nSPS) is 19.2. The van der Waals surface area contributed by atoms with Gasteiger partial charge in [0.1, 0.15) is 5.82 Å². The fraction of sp³-hybridized carbons (Fsp3) is 0.476. The molecule has 2 saturated heterocycles. The Morgan fingerprint density at radius 1 is 1.12 bits per heavy atom. The number of carbonyl (C=O) groups is 1. The zero-order chi connectivity index (χ0) is 24.7. The van der Waals surface area contributed by atoms with Crippen LogP contribution in [0.4, 0.5) is 44.2 Å². The number of carbonyl (C=O) groups excluding carboxylic acids is 1. The Morgan fingerprint density at radius 3 is 2.47 bits per heavy atom. The number of piperidine rings is 1. The summed E-state index contributed by atoms with van der Waals surface area (Å²) in [6.45, 7) is 1.75. The minimum Gasteiger partial charge on any atom is -0.465 e. The number of benzene rings is 1. The molecule has 3 heterocycles. The van der Waals surface area contributed by atoms with E-state index in [4.69, 9.17) is 15.2 Å². The first kappa shape index (κ1) is 23.8. The number of alkyl halides is 3. The molecule has 0 saturated carbocycles. The minimum atomic E-state index is -4.57. The van der Waals surface area contributed by atoms with Gasteiger partial charge in [-0.1, -0.05) is 0 Å². The Morgan fingerprint density at radius 2 is 1.82 bits per heavy atom. The van der Waals surface area contributed by atoms with Crippen molar-refractivity contribution in [3.8, 4) is 5.88 Å². The minimum absolute atomic E-state index is 0.173. The molecule has 2 aliphatic heterocycles. The zero-order valence-electron chi connectivity index (χ0n) is 18.1.